The topological polar surface area (TPSA) is 130 Å². The molecule has 3 N–H and O–H groups in total. The van der Waals surface area contributed by atoms with Crippen LogP contribution in [0.5, 0.6) is 11.5 Å². The number of carbonyl (C=O) groups is 2. The Morgan fingerprint density at radius 3 is 2.18 bits per heavy atom. The molecule has 0 atom stereocenters. The van der Waals surface area contributed by atoms with E-state index in [0.29, 0.717) is 5.69 Å². The Bertz CT molecular complexity index is 1170. The van der Waals surface area contributed by atoms with E-state index >= 15 is 0 Å². The Kier molecular flexibility index (Phi) is 3.82. The first kappa shape index (κ1) is 17.2. The summed E-state index contributed by atoms with van der Waals surface area (Å²) in [7, 11) is 0. The number of nitrogens with one attached hydrogen (secondary N) is 1. The van der Waals surface area contributed by atoms with Gasteiger partial charge in [0, 0.05) is 35.0 Å². The van der Waals surface area contributed by atoms with Crippen LogP contribution in [0.3, 0.4) is 0 Å². The van der Waals surface area contributed by atoms with Gasteiger partial charge in [-0.15, -0.1) is 0 Å². The van der Waals surface area contributed by atoms with E-state index in [0.717, 1.165) is 18.2 Å². The second-order valence-electron chi connectivity index (χ2n) is 6.18. The van der Waals surface area contributed by atoms with E-state index in [4.69, 9.17) is 0 Å². The SMILES string of the molecule is O=C1c2cc([N+](=O)[O-])ccc2C(=O)c2c(Nc3ccccc3)c(O)cc(O)c21. The van der Waals surface area contributed by atoms with E-state index < -0.39 is 28.0 Å². The van der Waals surface area contributed by atoms with Crippen molar-refractivity contribution in [2.24, 2.45) is 0 Å². The van der Waals surface area contributed by atoms with Crippen LogP contribution in [0, 0.1) is 10.1 Å². The van der Waals surface area contributed by atoms with E-state index in [1.165, 1.54) is 6.07 Å². The highest BCUT2D eigenvalue weighted by molar-refractivity contribution is 6.31. The maximum atomic E-state index is 13.1. The molecule has 0 radical (unpaired) electrons. The Labute approximate surface area is 157 Å². The van der Waals surface area contributed by atoms with Gasteiger partial charge in [0.2, 0.25) is 0 Å². The lowest BCUT2D eigenvalue weighted by Gasteiger charge is -2.22. The van der Waals surface area contributed by atoms with Crippen LogP contribution in [-0.4, -0.2) is 26.7 Å². The lowest BCUT2D eigenvalue weighted by atomic mass is 9.82. The minimum absolute atomic E-state index is 0.0265. The molecule has 1 aliphatic rings. The zero-order valence-corrected chi connectivity index (χ0v) is 14.2. The van der Waals surface area contributed by atoms with Gasteiger partial charge in [0.25, 0.3) is 5.69 Å². The van der Waals surface area contributed by atoms with Crippen molar-refractivity contribution in [2.45, 2.75) is 0 Å². The van der Waals surface area contributed by atoms with Crippen molar-refractivity contribution in [3.05, 3.63) is 87.0 Å². The lowest BCUT2D eigenvalue weighted by Crippen LogP contribution is -2.22. The van der Waals surface area contributed by atoms with Crippen molar-refractivity contribution in [3.63, 3.8) is 0 Å². The van der Waals surface area contributed by atoms with Gasteiger partial charge in [-0.3, -0.25) is 19.7 Å². The molecule has 0 amide bonds. The number of hydrogen-bond acceptors (Lipinski definition) is 7. The van der Waals surface area contributed by atoms with E-state index in [-0.39, 0.29) is 33.6 Å². The fourth-order valence-electron chi connectivity index (χ4n) is 3.21. The molecule has 0 spiro atoms. The largest absolute Gasteiger partial charge is 0.507 e. The average Bonchev–Trinajstić information content (AvgIpc) is 2.68. The van der Waals surface area contributed by atoms with Crippen molar-refractivity contribution in [1.82, 2.24) is 0 Å². The number of nitro groups is 1. The molecule has 0 saturated heterocycles. The molecule has 3 aromatic carbocycles. The molecule has 8 nitrogen and oxygen atoms in total. The predicted octanol–water partition coefficient (Wildman–Crippen LogP) is 3.53. The molecule has 28 heavy (non-hydrogen) atoms. The summed E-state index contributed by atoms with van der Waals surface area (Å²) in [5.41, 5.74) is -0.518. The first-order chi connectivity index (χ1) is 13.4. The van der Waals surface area contributed by atoms with Crippen LogP contribution in [0.1, 0.15) is 31.8 Å². The number of aromatic hydroxyl groups is 2. The Morgan fingerprint density at radius 2 is 1.50 bits per heavy atom. The van der Waals surface area contributed by atoms with Gasteiger partial charge in [-0.1, -0.05) is 18.2 Å². The molecule has 8 heteroatoms. The fraction of sp³-hybridized carbons (Fsp3) is 0. The minimum atomic E-state index is -0.734. The van der Waals surface area contributed by atoms with Crippen LogP contribution in [0.4, 0.5) is 17.1 Å². The van der Waals surface area contributed by atoms with E-state index in [9.17, 15) is 29.9 Å². The number of hydrogen-bond donors (Lipinski definition) is 3. The first-order valence-electron chi connectivity index (χ1n) is 8.17. The van der Waals surface area contributed by atoms with E-state index in [1.54, 1.807) is 30.3 Å². The van der Waals surface area contributed by atoms with Gasteiger partial charge in [-0.2, -0.15) is 0 Å². The standard InChI is InChI=1S/C20H12N2O6/c23-14-9-15(24)18(21-10-4-2-1-3-5-10)17-16(14)20(26)13-8-11(22(27)28)6-7-12(13)19(17)25/h1-9,21,23-24H. The second kappa shape index (κ2) is 6.20. The smallest absolute Gasteiger partial charge is 0.270 e. The third-order valence-electron chi connectivity index (χ3n) is 4.49. The molecule has 138 valence electrons. The van der Waals surface area contributed by atoms with Crippen LogP contribution in [0.2, 0.25) is 0 Å². The molecule has 0 aliphatic heterocycles. The second-order valence-corrected chi connectivity index (χ2v) is 6.18. The lowest BCUT2D eigenvalue weighted by molar-refractivity contribution is -0.384. The maximum Gasteiger partial charge on any atom is 0.270 e. The molecular formula is C20H12N2O6. The van der Waals surface area contributed by atoms with Gasteiger partial charge in [0.05, 0.1) is 21.7 Å². The predicted molar refractivity (Wildman–Crippen MR) is 99.5 cm³/mol. The van der Waals surface area contributed by atoms with Gasteiger partial charge in [-0.25, -0.2) is 0 Å². The van der Waals surface area contributed by atoms with Crippen LogP contribution >= 0.6 is 0 Å². The summed E-state index contributed by atoms with van der Waals surface area (Å²) in [6, 6.07) is 13.0. The van der Waals surface area contributed by atoms with Crippen molar-refractivity contribution >= 4 is 28.6 Å². The van der Waals surface area contributed by atoms with Gasteiger partial charge in [-0.05, 0) is 18.2 Å². The van der Waals surface area contributed by atoms with Crippen LogP contribution in [-0.2, 0) is 0 Å². The Balaban J connectivity index is 1.94. The minimum Gasteiger partial charge on any atom is -0.507 e. The number of carbonyl (C=O) groups excluding carboxylic acids is 2. The highest BCUT2D eigenvalue weighted by Crippen LogP contribution is 2.43. The van der Waals surface area contributed by atoms with Gasteiger partial charge in [0.1, 0.15) is 11.5 Å². The van der Waals surface area contributed by atoms with Crippen molar-refractivity contribution in [3.8, 4) is 11.5 Å². The number of nitro benzene ring substituents is 1. The molecule has 0 unspecified atom stereocenters. The van der Waals surface area contributed by atoms with Crippen LogP contribution in [0.15, 0.2) is 54.6 Å². The summed E-state index contributed by atoms with van der Waals surface area (Å²) in [4.78, 5) is 36.3. The quantitative estimate of drug-likeness (QED) is 0.216. The average molecular weight is 376 g/mol. The summed E-state index contributed by atoms with van der Waals surface area (Å²) < 4.78 is 0. The molecule has 0 saturated carbocycles. The zero-order chi connectivity index (χ0) is 20.0. The van der Waals surface area contributed by atoms with Crippen LogP contribution < -0.4 is 5.32 Å². The van der Waals surface area contributed by atoms with Crippen molar-refractivity contribution < 1.29 is 24.7 Å². The fourth-order valence-corrected chi connectivity index (χ4v) is 3.21. The van der Waals surface area contributed by atoms with Gasteiger partial charge in [0.15, 0.2) is 11.6 Å². The summed E-state index contributed by atoms with van der Waals surface area (Å²) >= 11 is 0. The third kappa shape index (κ3) is 2.55. The molecular weight excluding hydrogens is 364 g/mol. The summed E-state index contributed by atoms with van der Waals surface area (Å²) in [6.07, 6.45) is 0. The third-order valence-corrected chi connectivity index (χ3v) is 4.49. The summed E-state index contributed by atoms with van der Waals surface area (Å²) in [5.74, 6) is -2.36. The number of para-hydroxylation sites is 1. The molecule has 4 rings (SSSR count). The Morgan fingerprint density at radius 1 is 0.821 bits per heavy atom. The number of benzene rings is 3. The molecule has 0 aromatic heterocycles. The highest BCUT2D eigenvalue weighted by Gasteiger charge is 2.36. The number of nitrogens with zero attached hydrogens (tertiary/aromatic N) is 1. The number of rotatable bonds is 3. The number of phenols is 2. The summed E-state index contributed by atoms with van der Waals surface area (Å²) in [6.45, 7) is 0. The Hall–Kier alpha value is -4.20. The monoisotopic (exact) mass is 376 g/mol. The molecule has 0 bridgehead atoms. The normalized spacial score (nSPS) is 12.3. The highest BCUT2D eigenvalue weighted by atomic mass is 16.6. The van der Waals surface area contributed by atoms with Crippen molar-refractivity contribution in [2.75, 3.05) is 5.32 Å². The number of fused-ring (bicyclic) bond motifs is 2. The molecule has 0 heterocycles. The number of anilines is 2. The van der Waals surface area contributed by atoms with Gasteiger partial charge < -0.3 is 15.5 Å². The molecule has 1 aliphatic carbocycles. The van der Waals surface area contributed by atoms with Gasteiger partial charge >= 0.3 is 0 Å². The zero-order valence-electron chi connectivity index (χ0n) is 14.2. The number of non-ortho nitro benzene ring substituents is 1. The molecule has 0 fully saturated rings. The summed E-state index contributed by atoms with van der Waals surface area (Å²) in [5, 5.41) is 34.4. The van der Waals surface area contributed by atoms with E-state index in [2.05, 4.69) is 5.32 Å². The van der Waals surface area contributed by atoms with E-state index in [1.807, 2.05) is 0 Å². The van der Waals surface area contributed by atoms with Crippen molar-refractivity contribution in [1.29, 1.82) is 0 Å². The van der Waals surface area contributed by atoms with Crippen LogP contribution in [0.25, 0.3) is 0 Å². The number of ketones is 2. The number of phenolic OH excluding ortho intramolecular Hbond substituents is 2. The molecule has 3 aromatic rings. The maximum absolute atomic E-state index is 13.1. The first-order valence-corrected chi connectivity index (χ1v) is 8.17.